The van der Waals surface area contributed by atoms with Crippen molar-refractivity contribution in [3.8, 4) is 0 Å². The molecular formula is C13H26O4. The molecule has 0 N–H and O–H groups in total. The smallest absolute Gasteiger partial charge is 0.285 e. The second-order valence-electron chi connectivity index (χ2n) is 4.44. The van der Waals surface area contributed by atoms with Gasteiger partial charge in [-0.05, 0) is 27.2 Å². The highest BCUT2D eigenvalue weighted by Crippen LogP contribution is 2.32. The fourth-order valence-electron chi connectivity index (χ4n) is 2.22. The molecule has 1 saturated heterocycles. The van der Waals surface area contributed by atoms with Crippen LogP contribution in [0, 0.1) is 11.8 Å². The van der Waals surface area contributed by atoms with Crippen LogP contribution >= 0.6 is 0 Å². The van der Waals surface area contributed by atoms with E-state index in [0.717, 1.165) is 19.6 Å². The molecule has 0 aromatic heterocycles. The summed E-state index contributed by atoms with van der Waals surface area (Å²) >= 11 is 0. The first kappa shape index (κ1) is 14.9. The van der Waals surface area contributed by atoms with Crippen LogP contribution in [0.5, 0.6) is 0 Å². The van der Waals surface area contributed by atoms with Gasteiger partial charge >= 0.3 is 0 Å². The summed E-state index contributed by atoms with van der Waals surface area (Å²) in [6.07, 6.45) is 1.01. The summed E-state index contributed by atoms with van der Waals surface area (Å²) in [4.78, 5) is 0. The summed E-state index contributed by atoms with van der Waals surface area (Å²) in [5.74, 6) is -0.0598. The largest absolute Gasteiger partial charge is 0.381 e. The molecule has 1 rings (SSSR count). The van der Waals surface area contributed by atoms with Gasteiger partial charge in [0.1, 0.15) is 0 Å². The lowest BCUT2D eigenvalue weighted by molar-refractivity contribution is -0.402. The van der Waals surface area contributed by atoms with Crippen molar-refractivity contribution in [2.45, 2.75) is 40.1 Å². The van der Waals surface area contributed by atoms with E-state index in [1.807, 2.05) is 20.8 Å². The molecule has 0 saturated carbocycles. The number of ether oxygens (including phenoxy) is 4. The Morgan fingerprint density at radius 2 is 1.53 bits per heavy atom. The van der Waals surface area contributed by atoms with Gasteiger partial charge in [0.25, 0.3) is 5.97 Å². The van der Waals surface area contributed by atoms with E-state index in [1.165, 1.54) is 0 Å². The van der Waals surface area contributed by atoms with Gasteiger partial charge < -0.3 is 18.9 Å². The first-order valence-corrected chi connectivity index (χ1v) is 6.68. The van der Waals surface area contributed by atoms with Crippen molar-refractivity contribution in [1.29, 1.82) is 0 Å². The van der Waals surface area contributed by atoms with Crippen LogP contribution in [-0.2, 0) is 18.9 Å². The van der Waals surface area contributed by atoms with E-state index < -0.39 is 5.97 Å². The molecule has 0 radical (unpaired) electrons. The lowest BCUT2D eigenvalue weighted by atomic mass is 9.92. The fraction of sp³-hybridized carbons (Fsp3) is 1.00. The molecular weight excluding hydrogens is 220 g/mol. The van der Waals surface area contributed by atoms with Crippen LogP contribution in [0.4, 0.5) is 0 Å². The maximum Gasteiger partial charge on any atom is 0.285 e. The maximum atomic E-state index is 5.76. The van der Waals surface area contributed by atoms with E-state index in [0.29, 0.717) is 25.7 Å². The molecule has 0 aromatic rings. The van der Waals surface area contributed by atoms with Gasteiger partial charge in [-0.2, -0.15) is 0 Å². The van der Waals surface area contributed by atoms with Crippen LogP contribution < -0.4 is 0 Å². The van der Waals surface area contributed by atoms with Crippen molar-refractivity contribution in [1.82, 2.24) is 0 Å². The SMILES string of the molecule is CCOC(OCC)(OCC)C(C)CC1COC1. The van der Waals surface area contributed by atoms with Crippen molar-refractivity contribution in [3.05, 3.63) is 0 Å². The Bertz CT molecular complexity index is 187. The van der Waals surface area contributed by atoms with Gasteiger partial charge in [0.15, 0.2) is 0 Å². The Morgan fingerprint density at radius 3 is 1.82 bits per heavy atom. The fourth-order valence-corrected chi connectivity index (χ4v) is 2.22. The predicted molar refractivity (Wildman–Crippen MR) is 65.7 cm³/mol. The molecule has 0 aromatic carbocycles. The van der Waals surface area contributed by atoms with Crippen molar-refractivity contribution < 1.29 is 18.9 Å². The molecule has 0 aliphatic carbocycles. The molecule has 4 nitrogen and oxygen atoms in total. The molecule has 1 fully saturated rings. The molecule has 1 aliphatic heterocycles. The highest BCUT2D eigenvalue weighted by Gasteiger charge is 2.41. The Labute approximate surface area is 105 Å². The zero-order chi connectivity index (χ0) is 12.7. The molecule has 1 unspecified atom stereocenters. The van der Waals surface area contributed by atoms with Gasteiger partial charge in [0.2, 0.25) is 0 Å². The van der Waals surface area contributed by atoms with Crippen LogP contribution in [0.25, 0.3) is 0 Å². The second kappa shape index (κ2) is 7.31. The summed E-state index contributed by atoms with van der Waals surface area (Å²) in [6.45, 7) is 11.5. The van der Waals surface area contributed by atoms with Crippen LogP contribution in [-0.4, -0.2) is 39.0 Å². The topological polar surface area (TPSA) is 36.9 Å². The van der Waals surface area contributed by atoms with Crippen molar-refractivity contribution in [3.63, 3.8) is 0 Å². The summed E-state index contributed by atoms with van der Waals surface area (Å²) < 4.78 is 22.5. The lowest BCUT2D eigenvalue weighted by Crippen LogP contribution is -2.47. The summed E-state index contributed by atoms with van der Waals surface area (Å²) in [5.41, 5.74) is 0. The molecule has 1 heterocycles. The minimum absolute atomic E-state index is 0.205. The zero-order valence-electron chi connectivity index (χ0n) is 11.5. The quantitative estimate of drug-likeness (QED) is 0.585. The van der Waals surface area contributed by atoms with E-state index in [4.69, 9.17) is 18.9 Å². The molecule has 1 atom stereocenters. The van der Waals surface area contributed by atoms with E-state index >= 15 is 0 Å². The van der Waals surface area contributed by atoms with Gasteiger partial charge in [-0.3, -0.25) is 0 Å². The van der Waals surface area contributed by atoms with E-state index in [-0.39, 0.29) is 5.92 Å². The molecule has 1 aliphatic rings. The third-order valence-corrected chi connectivity index (χ3v) is 3.03. The standard InChI is InChI=1S/C13H26O4/c1-5-15-13(16-6-2,17-7-3)11(4)8-12-9-14-10-12/h11-12H,5-10H2,1-4H3. The van der Waals surface area contributed by atoms with E-state index in [9.17, 15) is 0 Å². The van der Waals surface area contributed by atoms with Crippen LogP contribution in [0.2, 0.25) is 0 Å². The summed E-state index contributed by atoms with van der Waals surface area (Å²) in [6, 6.07) is 0. The third-order valence-electron chi connectivity index (χ3n) is 3.03. The first-order valence-electron chi connectivity index (χ1n) is 6.68. The zero-order valence-corrected chi connectivity index (χ0v) is 11.5. The predicted octanol–water partition coefficient (Wildman–Crippen LogP) is 2.42. The highest BCUT2D eigenvalue weighted by molar-refractivity contribution is 4.75. The van der Waals surface area contributed by atoms with Gasteiger partial charge in [-0.15, -0.1) is 0 Å². The van der Waals surface area contributed by atoms with Gasteiger partial charge in [0, 0.05) is 31.7 Å². The van der Waals surface area contributed by atoms with Crippen molar-refractivity contribution in [2.24, 2.45) is 11.8 Å². The van der Waals surface area contributed by atoms with Crippen molar-refractivity contribution in [2.75, 3.05) is 33.0 Å². The van der Waals surface area contributed by atoms with Crippen LogP contribution in [0.1, 0.15) is 34.1 Å². The molecule has 4 heteroatoms. The number of hydrogen-bond donors (Lipinski definition) is 0. The number of rotatable bonds is 9. The Kier molecular flexibility index (Phi) is 6.41. The normalized spacial score (nSPS) is 19.1. The molecule has 102 valence electrons. The molecule has 17 heavy (non-hydrogen) atoms. The van der Waals surface area contributed by atoms with Gasteiger partial charge in [-0.25, -0.2) is 0 Å². The lowest BCUT2D eigenvalue weighted by Gasteiger charge is -2.40. The minimum Gasteiger partial charge on any atom is -0.381 e. The Hall–Kier alpha value is -0.160. The van der Waals surface area contributed by atoms with Crippen molar-refractivity contribution >= 4 is 0 Å². The van der Waals surface area contributed by atoms with Gasteiger partial charge in [-0.1, -0.05) is 6.92 Å². The van der Waals surface area contributed by atoms with Gasteiger partial charge in [0.05, 0.1) is 13.2 Å². The first-order chi connectivity index (χ1) is 8.18. The highest BCUT2D eigenvalue weighted by atomic mass is 16.9. The third kappa shape index (κ3) is 3.91. The van der Waals surface area contributed by atoms with E-state index in [1.54, 1.807) is 0 Å². The van der Waals surface area contributed by atoms with Crippen LogP contribution in [0.3, 0.4) is 0 Å². The Balaban J connectivity index is 2.61. The molecule has 0 spiro atoms. The Morgan fingerprint density at radius 1 is 1.06 bits per heavy atom. The minimum atomic E-state index is -0.881. The average Bonchev–Trinajstić information content (AvgIpc) is 2.24. The molecule has 0 bridgehead atoms. The van der Waals surface area contributed by atoms with Crippen LogP contribution in [0.15, 0.2) is 0 Å². The summed E-state index contributed by atoms with van der Waals surface area (Å²) in [5, 5.41) is 0. The second-order valence-corrected chi connectivity index (χ2v) is 4.44. The van der Waals surface area contributed by atoms with E-state index in [2.05, 4.69) is 6.92 Å². The average molecular weight is 246 g/mol. The summed E-state index contributed by atoms with van der Waals surface area (Å²) in [7, 11) is 0. The number of hydrogen-bond acceptors (Lipinski definition) is 4. The molecule has 0 amide bonds. The maximum absolute atomic E-state index is 5.76. The monoisotopic (exact) mass is 246 g/mol.